The molecule has 2 heterocycles. The minimum atomic E-state index is -1.68. The van der Waals surface area contributed by atoms with Crippen molar-refractivity contribution in [3.8, 4) is 11.1 Å². The average Bonchev–Trinajstić information content (AvgIpc) is 3.77. The molecule has 0 unspecified atom stereocenters. The number of nitrogen functional groups attached to an aromatic ring is 2. The normalized spacial score (nSPS) is 13.9. The summed E-state index contributed by atoms with van der Waals surface area (Å²) in [6, 6.07) is 16.1. The standard InChI is InChI=1S/C38H54ClN13O7/c1-52(26(36-48-50-51-49-36)7-3-4-18-43-20-27(54)31(57)32(58)28(55)21-53)29(56)17-12-23-10-15-25(16-11-23)24-13-8-22(9-14-24)6-2-5-19-44-38(42)47-37(59)30-34(40)46-35(41)33(39)45-30/h8-11,13-16,26-28,31-32,43,53-55,57-58H,2-7,12,17-21H2,1H3,(H4,40,41,46)(H3,42,44,47,59)(H,48,49,50,51)/t26-,27-,28+,31+,32+/m0/s1. The number of anilines is 2. The van der Waals surface area contributed by atoms with Crippen LogP contribution in [0.2, 0.25) is 5.15 Å². The molecule has 2 aromatic carbocycles. The molecule has 0 aliphatic heterocycles. The zero-order chi connectivity index (χ0) is 42.9. The predicted octanol–water partition coefficient (Wildman–Crippen LogP) is 0.0797. The summed E-state index contributed by atoms with van der Waals surface area (Å²) >= 11 is 5.83. The molecule has 4 aromatic rings. The fraction of sp³-hybridized carbons (Fsp3) is 0.474. The molecule has 20 nitrogen and oxygen atoms in total. The van der Waals surface area contributed by atoms with Gasteiger partial charge in [0.1, 0.15) is 18.3 Å². The number of halogens is 1. The van der Waals surface area contributed by atoms with Crippen LogP contribution in [-0.2, 0) is 17.6 Å². The number of aromatic amines is 1. The van der Waals surface area contributed by atoms with Crippen molar-refractivity contribution in [3.63, 3.8) is 0 Å². The van der Waals surface area contributed by atoms with Crippen LogP contribution >= 0.6 is 11.6 Å². The van der Waals surface area contributed by atoms with E-state index in [1.165, 1.54) is 5.56 Å². The SMILES string of the molecule is CN(C(=O)CCc1ccc(-c2ccc(CCCCNC(=N)NC(=O)c3nc(Cl)c(N)nc3N)cc2)cc1)[C@@H](CCCCNC[C@H](O)[C@@H](O)[C@H](O)[C@H](O)CO)c1nnn[nH]1. The van der Waals surface area contributed by atoms with E-state index in [1.54, 1.807) is 11.9 Å². The van der Waals surface area contributed by atoms with Gasteiger partial charge in [0.25, 0.3) is 5.91 Å². The second-order valence-electron chi connectivity index (χ2n) is 14.0. The molecule has 0 bridgehead atoms. The van der Waals surface area contributed by atoms with E-state index in [1.807, 2.05) is 24.3 Å². The summed E-state index contributed by atoms with van der Waals surface area (Å²) in [5, 5.41) is 78.5. The Hall–Kier alpha value is -5.35. The molecule has 320 valence electrons. The minimum absolute atomic E-state index is 0.0306. The zero-order valence-corrected chi connectivity index (χ0v) is 33.5. The number of rotatable bonds is 23. The third-order valence-electron chi connectivity index (χ3n) is 9.72. The number of aliphatic hydroxyl groups is 5. The Labute approximate surface area is 346 Å². The Morgan fingerprint density at radius 1 is 0.864 bits per heavy atom. The van der Waals surface area contributed by atoms with Gasteiger partial charge in [-0.05, 0) is 84.2 Å². The quantitative estimate of drug-likeness (QED) is 0.0267. The van der Waals surface area contributed by atoms with E-state index in [0.29, 0.717) is 44.6 Å². The second kappa shape index (κ2) is 23.3. The smallest absolute Gasteiger partial charge is 0.280 e. The monoisotopic (exact) mass is 839 g/mol. The molecule has 4 rings (SSSR count). The van der Waals surface area contributed by atoms with Crippen molar-refractivity contribution in [3.05, 3.63) is 76.3 Å². The van der Waals surface area contributed by atoms with Crippen LogP contribution < -0.4 is 27.4 Å². The molecular weight excluding hydrogens is 786 g/mol. The van der Waals surface area contributed by atoms with Crippen molar-refractivity contribution in [1.82, 2.24) is 51.4 Å². The van der Waals surface area contributed by atoms with Gasteiger partial charge in [0.2, 0.25) is 5.91 Å². The number of amides is 2. The van der Waals surface area contributed by atoms with Crippen molar-refractivity contribution in [2.45, 2.75) is 81.8 Å². The van der Waals surface area contributed by atoms with Gasteiger partial charge < -0.3 is 52.5 Å². The molecule has 59 heavy (non-hydrogen) atoms. The Morgan fingerprint density at radius 3 is 2.12 bits per heavy atom. The highest BCUT2D eigenvalue weighted by atomic mass is 35.5. The third kappa shape index (κ3) is 14.2. The first-order chi connectivity index (χ1) is 28.3. The molecule has 0 saturated carbocycles. The Kier molecular flexibility index (Phi) is 18.3. The number of carbonyl (C=O) groups is 2. The molecule has 2 amide bonds. The zero-order valence-electron chi connectivity index (χ0n) is 32.8. The van der Waals surface area contributed by atoms with E-state index in [4.69, 9.17) is 33.6 Å². The highest BCUT2D eigenvalue weighted by molar-refractivity contribution is 6.31. The first-order valence-corrected chi connectivity index (χ1v) is 19.6. The van der Waals surface area contributed by atoms with Crippen molar-refractivity contribution < 1.29 is 35.1 Å². The maximum Gasteiger partial charge on any atom is 0.280 e. The number of benzene rings is 2. The van der Waals surface area contributed by atoms with E-state index in [0.717, 1.165) is 36.0 Å². The van der Waals surface area contributed by atoms with Gasteiger partial charge in [-0.3, -0.25) is 20.3 Å². The molecular formula is C38H54ClN13O7. The lowest BCUT2D eigenvalue weighted by Crippen LogP contribution is -2.49. The Bertz CT molecular complexity index is 1920. The lowest BCUT2D eigenvalue weighted by atomic mass is 9.99. The van der Waals surface area contributed by atoms with Gasteiger partial charge in [-0.2, -0.15) is 0 Å². The molecule has 0 radical (unpaired) electrons. The van der Waals surface area contributed by atoms with E-state index in [2.05, 4.69) is 70.8 Å². The third-order valence-corrected chi connectivity index (χ3v) is 10.00. The van der Waals surface area contributed by atoms with Crippen LogP contribution in [0.15, 0.2) is 48.5 Å². The van der Waals surface area contributed by atoms with Gasteiger partial charge in [0.05, 0.1) is 18.8 Å². The summed E-state index contributed by atoms with van der Waals surface area (Å²) in [4.78, 5) is 34.9. The van der Waals surface area contributed by atoms with Crippen LogP contribution in [0.5, 0.6) is 0 Å². The molecule has 5 atom stereocenters. The number of tetrazole rings is 1. The summed E-state index contributed by atoms with van der Waals surface area (Å²) in [6.45, 7) is 0.186. The number of unbranched alkanes of at least 4 members (excludes halogenated alkanes) is 2. The summed E-state index contributed by atoms with van der Waals surface area (Å²) < 4.78 is 0. The number of carbonyl (C=O) groups excluding carboxylic acids is 2. The lowest BCUT2D eigenvalue weighted by molar-refractivity contribution is -0.132. The maximum absolute atomic E-state index is 13.3. The van der Waals surface area contributed by atoms with Gasteiger partial charge in [-0.15, -0.1) is 5.10 Å². The molecule has 0 spiro atoms. The molecule has 2 aromatic heterocycles. The maximum atomic E-state index is 13.3. The molecule has 21 heteroatoms. The number of nitrogens with one attached hydrogen (secondary N) is 5. The van der Waals surface area contributed by atoms with Crippen molar-refractivity contribution >= 4 is 41.0 Å². The highest BCUT2D eigenvalue weighted by Crippen LogP contribution is 2.25. The fourth-order valence-electron chi connectivity index (χ4n) is 6.17. The molecule has 14 N–H and O–H groups in total. The number of hydrogen-bond donors (Lipinski definition) is 12. The topological polar surface area (TPSA) is 331 Å². The van der Waals surface area contributed by atoms with Crippen LogP contribution in [0.1, 0.15) is 72.0 Å². The second-order valence-corrected chi connectivity index (χ2v) is 14.4. The van der Waals surface area contributed by atoms with Crippen LogP contribution in [0.25, 0.3) is 11.1 Å². The largest absolute Gasteiger partial charge is 0.394 e. The molecule has 0 fully saturated rings. The molecule has 0 aliphatic rings. The summed E-state index contributed by atoms with van der Waals surface area (Å²) in [5.74, 6) is -0.776. The lowest BCUT2D eigenvalue weighted by Gasteiger charge is -2.27. The minimum Gasteiger partial charge on any atom is -0.394 e. The van der Waals surface area contributed by atoms with Gasteiger partial charge in [-0.25, -0.2) is 15.1 Å². The van der Waals surface area contributed by atoms with Gasteiger partial charge in [0, 0.05) is 26.6 Å². The van der Waals surface area contributed by atoms with Gasteiger partial charge in [0.15, 0.2) is 34.3 Å². The van der Waals surface area contributed by atoms with E-state index < -0.39 is 36.9 Å². The Balaban J connectivity index is 1.15. The average molecular weight is 840 g/mol. The number of H-pyrrole nitrogens is 1. The number of nitrogens with two attached hydrogens (primary N) is 2. The highest BCUT2D eigenvalue weighted by Gasteiger charge is 2.30. The fourth-order valence-corrected chi connectivity index (χ4v) is 6.29. The van der Waals surface area contributed by atoms with Crippen LogP contribution in [-0.4, -0.2) is 137 Å². The Morgan fingerprint density at radius 2 is 1.49 bits per heavy atom. The van der Waals surface area contributed by atoms with Crippen molar-refractivity contribution in [2.75, 3.05) is 44.8 Å². The summed E-state index contributed by atoms with van der Waals surface area (Å²) in [5.41, 5.74) is 15.3. The van der Waals surface area contributed by atoms with Crippen LogP contribution in [0.3, 0.4) is 0 Å². The first-order valence-electron chi connectivity index (χ1n) is 19.2. The number of hydrogen-bond acceptors (Lipinski definition) is 16. The first kappa shape index (κ1) is 46.3. The van der Waals surface area contributed by atoms with Gasteiger partial charge >= 0.3 is 0 Å². The summed E-state index contributed by atoms with van der Waals surface area (Å²) in [7, 11) is 1.73. The predicted molar refractivity (Wildman–Crippen MR) is 220 cm³/mol. The molecule has 0 saturated heterocycles. The van der Waals surface area contributed by atoms with Crippen molar-refractivity contribution in [1.29, 1.82) is 5.41 Å². The van der Waals surface area contributed by atoms with Crippen LogP contribution in [0.4, 0.5) is 11.6 Å². The van der Waals surface area contributed by atoms with Crippen molar-refractivity contribution in [2.24, 2.45) is 0 Å². The molecule has 0 aliphatic carbocycles. The number of nitrogens with zero attached hydrogens (tertiary/aromatic N) is 6. The van der Waals surface area contributed by atoms with Gasteiger partial charge in [-0.1, -0.05) is 60.1 Å². The van der Waals surface area contributed by atoms with Crippen LogP contribution in [0, 0.1) is 5.41 Å². The number of aromatic nitrogens is 6. The van der Waals surface area contributed by atoms with E-state index >= 15 is 0 Å². The number of guanidine groups is 1. The van der Waals surface area contributed by atoms with E-state index in [-0.39, 0.29) is 53.4 Å². The van der Waals surface area contributed by atoms with E-state index in [9.17, 15) is 30.0 Å². The summed E-state index contributed by atoms with van der Waals surface area (Å²) in [6.07, 6.45) is -0.975. The number of aryl methyl sites for hydroxylation is 2. The number of aliphatic hydroxyl groups excluding tert-OH is 5.